The van der Waals surface area contributed by atoms with E-state index in [1.807, 2.05) is 6.92 Å². The number of hydrogen-bond acceptors (Lipinski definition) is 2. The zero-order valence-electron chi connectivity index (χ0n) is 10.2. The Labute approximate surface area is 105 Å². The first kappa shape index (κ1) is 12.2. The van der Waals surface area contributed by atoms with E-state index >= 15 is 0 Å². The third kappa shape index (κ3) is 2.37. The normalized spacial score (nSPS) is 10.2. The van der Waals surface area contributed by atoms with Gasteiger partial charge < -0.3 is 5.32 Å². The van der Waals surface area contributed by atoms with Gasteiger partial charge in [-0.1, -0.05) is 12.1 Å². The van der Waals surface area contributed by atoms with Gasteiger partial charge in [-0.2, -0.15) is 0 Å². The summed E-state index contributed by atoms with van der Waals surface area (Å²) in [5.74, 6) is -0.938. The zero-order chi connectivity index (χ0) is 13.1. The Bertz CT molecular complexity index is 596. The van der Waals surface area contributed by atoms with E-state index in [9.17, 15) is 9.18 Å². The Kier molecular flexibility index (Phi) is 3.37. The quantitative estimate of drug-likeness (QED) is 0.882. The second kappa shape index (κ2) is 4.96. The lowest BCUT2D eigenvalue weighted by atomic mass is 10.1. The van der Waals surface area contributed by atoms with Gasteiger partial charge in [0.25, 0.3) is 5.91 Å². The van der Waals surface area contributed by atoms with Crippen LogP contribution in [0.1, 0.15) is 21.5 Å². The van der Waals surface area contributed by atoms with Crippen molar-refractivity contribution in [3.63, 3.8) is 0 Å². The van der Waals surface area contributed by atoms with E-state index in [0.717, 1.165) is 5.56 Å². The molecule has 4 heteroatoms. The molecule has 0 atom stereocenters. The van der Waals surface area contributed by atoms with E-state index in [-0.39, 0.29) is 5.56 Å². The number of aryl methyl sites for hydroxylation is 2. The van der Waals surface area contributed by atoms with Gasteiger partial charge in [0.15, 0.2) is 0 Å². The molecule has 2 aromatic rings. The standard InChI is InChI=1S/C14H13FN2O/c1-9-4-3-5-11(13(9)15)14(18)17-12-6-7-16-8-10(12)2/h3-8H,1-2H3,(H,16,17,18). The summed E-state index contributed by atoms with van der Waals surface area (Å²) < 4.78 is 13.8. The van der Waals surface area contributed by atoms with Crippen molar-refractivity contribution in [2.45, 2.75) is 13.8 Å². The van der Waals surface area contributed by atoms with Gasteiger partial charge in [0.2, 0.25) is 0 Å². The van der Waals surface area contributed by atoms with Gasteiger partial charge in [-0.15, -0.1) is 0 Å². The van der Waals surface area contributed by atoms with Gasteiger partial charge >= 0.3 is 0 Å². The Morgan fingerprint density at radius 2 is 2.00 bits per heavy atom. The minimum atomic E-state index is -0.485. The molecule has 1 aromatic carbocycles. The lowest BCUT2D eigenvalue weighted by Gasteiger charge is -2.09. The summed E-state index contributed by atoms with van der Waals surface area (Å²) in [5.41, 5.74) is 1.97. The molecule has 0 saturated carbocycles. The van der Waals surface area contributed by atoms with Crippen LogP contribution in [0.2, 0.25) is 0 Å². The Balaban J connectivity index is 2.28. The molecule has 0 fully saturated rings. The van der Waals surface area contributed by atoms with Crippen LogP contribution in [0.5, 0.6) is 0 Å². The number of aromatic nitrogens is 1. The Morgan fingerprint density at radius 1 is 1.22 bits per heavy atom. The van der Waals surface area contributed by atoms with Crippen LogP contribution in [0.25, 0.3) is 0 Å². The predicted molar refractivity (Wildman–Crippen MR) is 68.1 cm³/mol. The molecule has 2 rings (SSSR count). The molecule has 0 aliphatic rings. The number of benzene rings is 1. The van der Waals surface area contributed by atoms with Crippen molar-refractivity contribution in [1.82, 2.24) is 4.98 Å². The summed E-state index contributed by atoms with van der Waals surface area (Å²) >= 11 is 0. The molecule has 1 aromatic heterocycles. The van der Waals surface area contributed by atoms with Crippen LogP contribution >= 0.6 is 0 Å². The Morgan fingerprint density at radius 3 is 2.72 bits per heavy atom. The van der Waals surface area contributed by atoms with Crippen molar-refractivity contribution in [3.05, 3.63) is 59.2 Å². The van der Waals surface area contributed by atoms with Crippen molar-refractivity contribution in [3.8, 4) is 0 Å². The molecule has 0 spiro atoms. The van der Waals surface area contributed by atoms with E-state index in [4.69, 9.17) is 0 Å². The fourth-order valence-corrected chi connectivity index (χ4v) is 1.63. The topological polar surface area (TPSA) is 42.0 Å². The van der Waals surface area contributed by atoms with Crippen LogP contribution in [0, 0.1) is 19.7 Å². The minimum Gasteiger partial charge on any atom is -0.322 e. The summed E-state index contributed by atoms with van der Waals surface area (Å²) in [7, 11) is 0. The maximum atomic E-state index is 13.8. The van der Waals surface area contributed by atoms with Crippen LogP contribution in [0.3, 0.4) is 0 Å². The van der Waals surface area contributed by atoms with Crippen LogP contribution in [-0.2, 0) is 0 Å². The lowest BCUT2D eigenvalue weighted by molar-refractivity contribution is 0.102. The number of amides is 1. The van der Waals surface area contributed by atoms with Crippen molar-refractivity contribution in [1.29, 1.82) is 0 Å². The first-order valence-corrected chi connectivity index (χ1v) is 5.56. The average molecular weight is 244 g/mol. The minimum absolute atomic E-state index is 0.0474. The maximum Gasteiger partial charge on any atom is 0.258 e. The van der Waals surface area contributed by atoms with Gasteiger partial charge in [0.05, 0.1) is 5.56 Å². The highest BCUT2D eigenvalue weighted by Gasteiger charge is 2.13. The highest BCUT2D eigenvalue weighted by molar-refractivity contribution is 6.04. The van der Waals surface area contributed by atoms with E-state index in [2.05, 4.69) is 10.3 Å². The molecule has 1 N–H and O–H groups in total. The monoisotopic (exact) mass is 244 g/mol. The van der Waals surface area contributed by atoms with Crippen molar-refractivity contribution < 1.29 is 9.18 Å². The molecule has 1 heterocycles. The number of rotatable bonds is 2. The van der Waals surface area contributed by atoms with Crippen molar-refractivity contribution >= 4 is 11.6 Å². The second-order valence-electron chi connectivity index (χ2n) is 4.08. The highest BCUT2D eigenvalue weighted by Crippen LogP contribution is 2.16. The van der Waals surface area contributed by atoms with Crippen molar-refractivity contribution in [2.24, 2.45) is 0 Å². The third-order valence-electron chi connectivity index (χ3n) is 2.70. The van der Waals surface area contributed by atoms with Gasteiger partial charge in [0, 0.05) is 18.1 Å². The lowest BCUT2D eigenvalue weighted by Crippen LogP contribution is -2.15. The van der Waals surface area contributed by atoms with Crippen LogP contribution in [0.4, 0.5) is 10.1 Å². The molecule has 0 aliphatic carbocycles. The molecule has 92 valence electrons. The summed E-state index contributed by atoms with van der Waals surface area (Å²) in [4.78, 5) is 15.9. The number of halogens is 1. The number of hydrogen-bond donors (Lipinski definition) is 1. The molecule has 0 saturated heterocycles. The number of pyridine rings is 1. The average Bonchev–Trinajstić information content (AvgIpc) is 2.35. The molecule has 0 bridgehead atoms. The molecule has 1 amide bonds. The fourth-order valence-electron chi connectivity index (χ4n) is 1.63. The summed E-state index contributed by atoms with van der Waals surface area (Å²) in [6.45, 7) is 3.46. The Hall–Kier alpha value is -2.23. The van der Waals surface area contributed by atoms with Gasteiger partial charge in [-0.05, 0) is 37.1 Å². The molecular formula is C14H13FN2O. The SMILES string of the molecule is Cc1cnccc1NC(=O)c1cccc(C)c1F. The molecule has 3 nitrogen and oxygen atoms in total. The van der Waals surface area contributed by atoms with Crippen LogP contribution < -0.4 is 5.32 Å². The van der Waals surface area contributed by atoms with E-state index in [1.54, 1.807) is 37.5 Å². The first-order valence-electron chi connectivity index (χ1n) is 5.56. The second-order valence-corrected chi connectivity index (χ2v) is 4.08. The number of anilines is 1. The highest BCUT2D eigenvalue weighted by atomic mass is 19.1. The zero-order valence-corrected chi connectivity index (χ0v) is 10.2. The number of carbonyl (C=O) groups is 1. The van der Waals surface area contributed by atoms with E-state index < -0.39 is 11.7 Å². The van der Waals surface area contributed by atoms with Crippen LogP contribution in [-0.4, -0.2) is 10.9 Å². The fraction of sp³-hybridized carbons (Fsp3) is 0.143. The summed E-state index contributed by atoms with van der Waals surface area (Å²) in [6, 6.07) is 6.44. The number of nitrogens with one attached hydrogen (secondary N) is 1. The van der Waals surface area contributed by atoms with Crippen molar-refractivity contribution in [2.75, 3.05) is 5.32 Å². The molecule has 0 radical (unpaired) electrons. The van der Waals surface area contributed by atoms with E-state index in [1.165, 1.54) is 6.07 Å². The molecule has 0 aliphatic heterocycles. The van der Waals surface area contributed by atoms with E-state index in [0.29, 0.717) is 11.3 Å². The van der Waals surface area contributed by atoms with Gasteiger partial charge in [-0.3, -0.25) is 9.78 Å². The summed E-state index contributed by atoms with van der Waals surface area (Å²) in [6.07, 6.45) is 3.22. The van der Waals surface area contributed by atoms with Crippen LogP contribution in [0.15, 0.2) is 36.7 Å². The first-order chi connectivity index (χ1) is 8.59. The molecule has 18 heavy (non-hydrogen) atoms. The number of nitrogens with zero attached hydrogens (tertiary/aromatic N) is 1. The smallest absolute Gasteiger partial charge is 0.258 e. The largest absolute Gasteiger partial charge is 0.322 e. The maximum absolute atomic E-state index is 13.8. The van der Waals surface area contributed by atoms with Gasteiger partial charge in [0.1, 0.15) is 5.82 Å². The number of carbonyl (C=O) groups excluding carboxylic acids is 1. The molecular weight excluding hydrogens is 231 g/mol. The predicted octanol–water partition coefficient (Wildman–Crippen LogP) is 3.09. The molecule has 0 unspecified atom stereocenters. The third-order valence-corrected chi connectivity index (χ3v) is 2.70. The van der Waals surface area contributed by atoms with Gasteiger partial charge in [-0.25, -0.2) is 4.39 Å². The summed E-state index contributed by atoms with van der Waals surface area (Å²) in [5, 5.41) is 2.68.